The number of rotatable bonds is 6. The highest BCUT2D eigenvalue weighted by atomic mass is 16.6. The standard InChI is InChI=1S/C18H24O5/c1-17(2,3)23-15(20)11-18(4,5)16(21)22-12-14(19)13-9-7-6-8-10-13/h6-10H,11-12H2,1-5H3. The van der Waals surface area contributed by atoms with Gasteiger partial charge in [0.2, 0.25) is 0 Å². The van der Waals surface area contributed by atoms with Gasteiger partial charge < -0.3 is 9.47 Å². The van der Waals surface area contributed by atoms with Crippen molar-refractivity contribution in [2.24, 2.45) is 5.41 Å². The van der Waals surface area contributed by atoms with Crippen LogP contribution in [0.15, 0.2) is 30.3 Å². The predicted octanol–water partition coefficient (Wildman–Crippen LogP) is 3.17. The van der Waals surface area contributed by atoms with E-state index in [1.807, 2.05) is 0 Å². The molecular weight excluding hydrogens is 296 g/mol. The monoisotopic (exact) mass is 320 g/mol. The molecule has 0 saturated carbocycles. The summed E-state index contributed by atoms with van der Waals surface area (Å²) in [5, 5.41) is 0. The number of Topliss-reactive ketones (excluding diaryl/α,β-unsaturated/α-hetero) is 1. The SMILES string of the molecule is CC(C)(C)OC(=O)CC(C)(C)C(=O)OCC(=O)c1ccccc1. The van der Waals surface area contributed by atoms with Gasteiger partial charge in [0, 0.05) is 5.56 Å². The molecule has 1 rings (SSSR count). The molecule has 0 heterocycles. The van der Waals surface area contributed by atoms with Gasteiger partial charge in [-0.1, -0.05) is 30.3 Å². The summed E-state index contributed by atoms with van der Waals surface area (Å²) in [5.41, 5.74) is -1.19. The first kappa shape index (κ1) is 18.9. The molecule has 0 aliphatic heterocycles. The van der Waals surface area contributed by atoms with E-state index in [0.717, 1.165) is 0 Å². The van der Waals surface area contributed by atoms with Crippen molar-refractivity contribution < 1.29 is 23.9 Å². The van der Waals surface area contributed by atoms with E-state index in [-0.39, 0.29) is 18.8 Å². The van der Waals surface area contributed by atoms with E-state index in [2.05, 4.69) is 0 Å². The number of hydrogen-bond donors (Lipinski definition) is 0. The van der Waals surface area contributed by atoms with E-state index in [1.165, 1.54) is 0 Å². The molecule has 0 saturated heterocycles. The number of carbonyl (C=O) groups excluding carboxylic acids is 3. The van der Waals surface area contributed by atoms with Gasteiger partial charge in [-0.05, 0) is 34.6 Å². The van der Waals surface area contributed by atoms with Gasteiger partial charge in [-0.25, -0.2) is 0 Å². The number of carbonyl (C=O) groups is 3. The average Bonchev–Trinajstić information content (AvgIpc) is 2.42. The van der Waals surface area contributed by atoms with Crippen LogP contribution in [0, 0.1) is 5.41 Å². The van der Waals surface area contributed by atoms with Crippen LogP contribution in [0.3, 0.4) is 0 Å². The lowest BCUT2D eigenvalue weighted by molar-refractivity contribution is -0.165. The van der Waals surface area contributed by atoms with Crippen LogP contribution in [0.2, 0.25) is 0 Å². The Balaban J connectivity index is 2.55. The Bertz CT molecular complexity index is 567. The van der Waals surface area contributed by atoms with Gasteiger partial charge in [0.15, 0.2) is 12.4 Å². The number of esters is 2. The minimum atomic E-state index is -1.06. The Morgan fingerprint density at radius 1 is 0.957 bits per heavy atom. The first-order chi connectivity index (χ1) is 10.5. The number of benzene rings is 1. The number of ether oxygens (including phenoxy) is 2. The minimum absolute atomic E-state index is 0.109. The zero-order valence-corrected chi connectivity index (χ0v) is 14.3. The molecule has 0 radical (unpaired) electrons. The molecule has 0 aromatic heterocycles. The van der Waals surface area contributed by atoms with Gasteiger partial charge in [-0.3, -0.25) is 14.4 Å². The number of ketones is 1. The van der Waals surface area contributed by atoms with E-state index >= 15 is 0 Å². The Hall–Kier alpha value is -2.17. The molecule has 1 aromatic rings. The molecule has 0 aliphatic carbocycles. The van der Waals surface area contributed by atoms with Crippen LogP contribution in [0.5, 0.6) is 0 Å². The smallest absolute Gasteiger partial charge is 0.312 e. The van der Waals surface area contributed by atoms with Crippen LogP contribution < -0.4 is 0 Å². The fraction of sp³-hybridized carbons (Fsp3) is 0.500. The highest BCUT2D eigenvalue weighted by Gasteiger charge is 2.34. The normalized spacial score (nSPS) is 11.7. The van der Waals surface area contributed by atoms with E-state index in [1.54, 1.807) is 65.0 Å². The molecule has 5 heteroatoms. The molecule has 0 spiro atoms. The second-order valence-corrected chi connectivity index (χ2v) is 7.01. The summed E-state index contributed by atoms with van der Waals surface area (Å²) in [6.07, 6.45) is -0.109. The summed E-state index contributed by atoms with van der Waals surface area (Å²) >= 11 is 0. The van der Waals surface area contributed by atoms with Crippen molar-refractivity contribution in [2.45, 2.75) is 46.6 Å². The van der Waals surface area contributed by atoms with Crippen molar-refractivity contribution in [3.05, 3.63) is 35.9 Å². The maximum absolute atomic E-state index is 12.1. The fourth-order valence-electron chi connectivity index (χ4n) is 1.84. The lowest BCUT2D eigenvalue weighted by Gasteiger charge is -2.25. The first-order valence-corrected chi connectivity index (χ1v) is 7.48. The highest BCUT2D eigenvalue weighted by molar-refractivity contribution is 5.98. The van der Waals surface area contributed by atoms with Crippen LogP contribution in [0.4, 0.5) is 0 Å². The molecule has 5 nitrogen and oxygen atoms in total. The van der Waals surface area contributed by atoms with Crippen molar-refractivity contribution in [3.8, 4) is 0 Å². The first-order valence-electron chi connectivity index (χ1n) is 7.48. The maximum Gasteiger partial charge on any atom is 0.312 e. The third-order valence-corrected chi connectivity index (χ3v) is 2.99. The van der Waals surface area contributed by atoms with Gasteiger partial charge in [0.05, 0.1) is 11.8 Å². The van der Waals surface area contributed by atoms with E-state index < -0.39 is 23.0 Å². The van der Waals surface area contributed by atoms with Crippen LogP contribution in [0.25, 0.3) is 0 Å². The fourth-order valence-corrected chi connectivity index (χ4v) is 1.84. The topological polar surface area (TPSA) is 69.7 Å². The van der Waals surface area contributed by atoms with Crippen LogP contribution in [0.1, 0.15) is 51.4 Å². The van der Waals surface area contributed by atoms with Gasteiger partial charge >= 0.3 is 11.9 Å². The van der Waals surface area contributed by atoms with Gasteiger partial charge in [0.25, 0.3) is 0 Å². The molecule has 0 atom stereocenters. The van der Waals surface area contributed by atoms with Crippen molar-refractivity contribution >= 4 is 17.7 Å². The quantitative estimate of drug-likeness (QED) is 0.595. The molecule has 1 aromatic carbocycles. The summed E-state index contributed by atoms with van der Waals surface area (Å²) in [6, 6.07) is 8.58. The van der Waals surface area contributed by atoms with Crippen molar-refractivity contribution in [1.29, 1.82) is 0 Å². The summed E-state index contributed by atoms with van der Waals surface area (Å²) in [7, 11) is 0. The second kappa shape index (κ2) is 7.40. The molecular formula is C18H24O5. The lowest BCUT2D eigenvalue weighted by atomic mass is 9.89. The van der Waals surface area contributed by atoms with Crippen molar-refractivity contribution in [3.63, 3.8) is 0 Å². The molecule has 0 fully saturated rings. The summed E-state index contributed by atoms with van der Waals surface area (Å²) < 4.78 is 10.3. The minimum Gasteiger partial charge on any atom is -0.460 e. The van der Waals surface area contributed by atoms with Crippen LogP contribution in [-0.4, -0.2) is 29.9 Å². The summed E-state index contributed by atoms with van der Waals surface area (Å²) in [4.78, 5) is 35.9. The second-order valence-electron chi connectivity index (χ2n) is 7.01. The Morgan fingerprint density at radius 3 is 2.04 bits per heavy atom. The van der Waals surface area contributed by atoms with E-state index in [9.17, 15) is 14.4 Å². The van der Waals surface area contributed by atoms with Crippen LogP contribution >= 0.6 is 0 Å². The largest absolute Gasteiger partial charge is 0.460 e. The van der Waals surface area contributed by atoms with Gasteiger partial charge in [0.1, 0.15) is 5.60 Å². The van der Waals surface area contributed by atoms with Crippen molar-refractivity contribution in [2.75, 3.05) is 6.61 Å². The Kier molecular flexibility index (Phi) is 6.07. The molecule has 23 heavy (non-hydrogen) atoms. The van der Waals surface area contributed by atoms with Crippen molar-refractivity contribution in [1.82, 2.24) is 0 Å². The summed E-state index contributed by atoms with van der Waals surface area (Å²) in [5.74, 6) is -1.37. The predicted molar refractivity (Wildman–Crippen MR) is 86.0 cm³/mol. The molecule has 0 aliphatic rings. The Labute approximate surface area is 137 Å². The average molecular weight is 320 g/mol. The zero-order valence-electron chi connectivity index (χ0n) is 14.3. The summed E-state index contributed by atoms with van der Waals surface area (Å²) in [6.45, 7) is 8.11. The van der Waals surface area contributed by atoms with E-state index in [4.69, 9.17) is 9.47 Å². The molecule has 0 N–H and O–H groups in total. The lowest BCUT2D eigenvalue weighted by Crippen LogP contribution is -2.34. The zero-order chi connectivity index (χ0) is 17.7. The van der Waals surface area contributed by atoms with E-state index in [0.29, 0.717) is 5.56 Å². The number of hydrogen-bond acceptors (Lipinski definition) is 5. The molecule has 0 bridgehead atoms. The van der Waals surface area contributed by atoms with Crippen LogP contribution in [-0.2, 0) is 19.1 Å². The van der Waals surface area contributed by atoms with Gasteiger partial charge in [-0.15, -0.1) is 0 Å². The maximum atomic E-state index is 12.1. The third-order valence-electron chi connectivity index (χ3n) is 2.99. The molecule has 126 valence electrons. The van der Waals surface area contributed by atoms with Gasteiger partial charge in [-0.2, -0.15) is 0 Å². The highest BCUT2D eigenvalue weighted by Crippen LogP contribution is 2.24. The molecule has 0 amide bonds. The Morgan fingerprint density at radius 2 is 1.52 bits per heavy atom. The molecule has 0 unspecified atom stereocenters. The third kappa shape index (κ3) is 6.63.